The van der Waals surface area contributed by atoms with E-state index in [4.69, 9.17) is 0 Å². The Balaban J connectivity index is 2.10. The maximum Gasteiger partial charge on any atom is 0.225 e. The number of para-hydroxylation sites is 1. The fourth-order valence-corrected chi connectivity index (χ4v) is 2.23. The number of aromatic nitrogens is 2. The lowest BCUT2D eigenvalue weighted by Gasteiger charge is -2.13. The Morgan fingerprint density at radius 2 is 1.82 bits per heavy atom. The Kier molecular flexibility index (Phi) is 5.47. The van der Waals surface area contributed by atoms with Gasteiger partial charge in [0.1, 0.15) is 0 Å². The number of aryl methyl sites for hydroxylation is 2. The number of amides is 1. The van der Waals surface area contributed by atoms with Gasteiger partial charge >= 0.3 is 0 Å². The van der Waals surface area contributed by atoms with E-state index < -0.39 is 0 Å². The van der Waals surface area contributed by atoms with Gasteiger partial charge in [-0.1, -0.05) is 32.0 Å². The van der Waals surface area contributed by atoms with Crippen molar-refractivity contribution in [1.82, 2.24) is 10.2 Å². The van der Waals surface area contributed by atoms with Crippen LogP contribution in [0.2, 0.25) is 0 Å². The summed E-state index contributed by atoms with van der Waals surface area (Å²) in [7, 11) is 0. The first-order chi connectivity index (χ1) is 10.6. The van der Waals surface area contributed by atoms with Gasteiger partial charge in [-0.25, -0.2) is 0 Å². The first kappa shape index (κ1) is 15.9. The number of rotatable bonds is 6. The van der Waals surface area contributed by atoms with Crippen molar-refractivity contribution in [1.29, 1.82) is 0 Å². The van der Waals surface area contributed by atoms with Gasteiger partial charge in [0, 0.05) is 12.1 Å². The number of nitrogens with one attached hydrogen (secondary N) is 2. The minimum atomic E-state index is -0.0373. The van der Waals surface area contributed by atoms with Crippen molar-refractivity contribution in [3.63, 3.8) is 0 Å². The van der Waals surface area contributed by atoms with Crippen LogP contribution in [0.25, 0.3) is 0 Å². The van der Waals surface area contributed by atoms with Crippen LogP contribution in [0, 0.1) is 6.92 Å². The Hall–Kier alpha value is -2.43. The lowest BCUT2D eigenvalue weighted by Crippen LogP contribution is -2.12. The van der Waals surface area contributed by atoms with Gasteiger partial charge in [0.2, 0.25) is 5.91 Å². The van der Waals surface area contributed by atoms with E-state index in [2.05, 4.69) is 52.9 Å². The van der Waals surface area contributed by atoms with Crippen LogP contribution in [0.4, 0.5) is 17.3 Å². The van der Waals surface area contributed by atoms with Crippen LogP contribution in [0.1, 0.15) is 37.8 Å². The molecule has 0 atom stereocenters. The molecular weight excluding hydrogens is 276 g/mol. The molecule has 0 aliphatic heterocycles. The fraction of sp³-hybridized carbons (Fsp3) is 0.353. The summed E-state index contributed by atoms with van der Waals surface area (Å²) in [5.41, 5.74) is 3.48. The summed E-state index contributed by atoms with van der Waals surface area (Å²) in [4.78, 5) is 11.5. The van der Waals surface area contributed by atoms with Crippen LogP contribution in [-0.2, 0) is 11.2 Å². The number of hydrogen-bond donors (Lipinski definition) is 2. The monoisotopic (exact) mass is 298 g/mol. The normalized spacial score (nSPS) is 10.3. The zero-order valence-corrected chi connectivity index (χ0v) is 13.3. The molecule has 2 N–H and O–H groups in total. The smallest absolute Gasteiger partial charge is 0.225 e. The Bertz CT molecular complexity index is 638. The van der Waals surface area contributed by atoms with Gasteiger partial charge in [-0.2, -0.15) is 0 Å². The molecule has 5 heteroatoms. The summed E-state index contributed by atoms with van der Waals surface area (Å²) >= 11 is 0. The van der Waals surface area contributed by atoms with Crippen LogP contribution in [0.3, 0.4) is 0 Å². The SMILES string of the molecule is CCCC(=O)Nc1ccc(Nc2c(C)cccc2CC)nn1. The highest BCUT2D eigenvalue weighted by atomic mass is 16.1. The summed E-state index contributed by atoms with van der Waals surface area (Å²) in [5, 5.41) is 14.2. The number of benzene rings is 1. The molecule has 0 saturated heterocycles. The zero-order valence-electron chi connectivity index (χ0n) is 13.3. The average molecular weight is 298 g/mol. The molecule has 1 aromatic carbocycles. The van der Waals surface area contributed by atoms with Crippen molar-refractivity contribution >= 4 is 23.2 Å². The van der Waals surface area contributed by atoms with Gasteiger partial charge in [0.25, 0.3) is 0 Å². The number of carbonyl (C=O) groups is 1. The van der Waals surface area contributed by atoms with Crippen LogP contribution in [-0.4, -0.2) is 16.1 Å². The lowest BCUT2D eigenvalue weighted by molar-refractivity contribution is -0.116. The van der Waals surface area contributed by atoms with Gasteiger partial charge in [0.05, 0.1) is 0 Å². The third-order valence-corrected chi connectivity index (χ3v) is 3.40. The molecule has 116 valence electrons. The van der Waals surface area contributed by atoms with E-state index in [-0.39, 0.29) is 5.91 Å². The van der Waals surface area contributed by atoms with Crippen molar-refractivity contribution in [2.75, 3.05) is 10.6 Å². The van der Waals surface area contributed by atoms with Gasteiger partial charge in [-0.15, -0.1) is 10.2 Å². The first-order valence-electron chi connectivity index (χ1n) is 7.63. The van der Waals surface area contributed by atoms with Gasteiger partial charge in [0.15, 0.2) is 11.6 Å². The number of nitrogens with zero attached hydrogens (tertiary/aromatic N) is 2. The molecular formula is C17H22N4O. The summed E-state index contributed by atoms with van der Waals surface area (Å²) in [6.07, 6.45) is 2.25. The minimum Gasteiger partial charge on any atom is -0.338 e. The van der Waals surface area contributed by atoms with E-state index in [0.29, 0.717) is 18.1 Å². The molecule has 0 radical (unpaired) electrons. The second kappa shape index (κ2) is 7.54. The van der Waals surface area contributed by atoms with E-state index in [1.54, 1.807) is 6.07 Å². The summed E-state index contributed by atoms with van der Waals surface area (Å²) in [6, 6.07) is 9.79. The molecule has 0 spiro atoms. The van der Waals surface area contributed by atoms with Crippen LogP contribution >= 0.6 is 0 Å². The maximum absolute atomic E-state index is 11.5. The van der Waals surface area contributed by atoms with Gasteiger partial charge in [-0.3, -0.25) is 4.79 Å². The summed E-state index contributed by atoms with van der Waals surface area (Å²) in [6.45, 7) is 6.15. The molecule has 1 amide bonds. The molecule has 0 aliphatic carbocycles. The van der Waals surface area contributed by atoms with E-state index in [9.17, 15) is 4.79 Å². The van der Waals surface area contributed by atoms with Crippen LogP contribution in [0.15, 0.2) is 30.3 Å². The van der Waals surface area contributed by atoms with Crippen molar-refractivity contribution in [3.05, 3.63) is 41.5 Å². The van der Waals surface area contributed by atoms with Crippen molar-refractivity contribution in [2.45, 2.75) is 40.0 Å². The molecule has 0 unspecified atom stereocenters. The van der Waals surface area contributed by atoms with E-state index in [1.165, 1.54) is 11.1 Å². The van der Waals surface area contributed by atoms with Crippen molar-refractivity contribution in [2.24, 2.45) is 0 Å². The average Bonchev–Trinajstić information content (AvgIpc) is 2.51. The van der Waals surface area contributed by atoms with Crippen LogP contribution in [0.5, 0.6) is 0 Å². The zero-order chi connectivity index (χ0) is 15.9. The lowest BCUT2D eigenvalue weighted by atomic mass is 10.1. The van der Waals surface area contributed by atoms with Crippen molar-refractivity contribution < 1.29 is 4.79 Å². The predicted octanol–water partition coefficient (Wildman–Crippen LogP) is 3.83. The maximum atomic E-state index is 11.5. The second-order valence-corrected chi connectivity index (χ2v) is 5.19. The third kappa shape index (κ3) is 4.04. The number of anilines is 3. The highest BCUT2D eigenvalue weighted by Gasteiger charge is 2.07. The Morgan fingerprint density at radius 1 is 1.09 bits per heavy atom. The molecule has 0 bridgehead atoms. The van der Waals surface area contributed by atoms with E-state index in [1.807, 2.05) is 13.0 Å². The molecule has 0 saturated carbocycles. The van der Waals surface area contributed by atoms with Crippen LogP contribution < -0.4 is 10.6 Å². The Morgan fingerprint density at radius 3 is 2.45 bits per heavy atom. The highest BCUT2D eigenvalue weighted by Crippen LogP contribution is 2.24. The molecule has 2 rings (SSSR count). The molecule has 1 heterocycles. The minimum absolute atomic E-state index is 0.0373. The molecule has 22 heavy (non-hydrogen) atoms. The fourth-order valence-electron chi connectivity index (χ4n) is 2.23. The van der Waals surface area contributed by atoms with E-state index in [0.717, 1.165) is 18.5 Å². The molecule has 2 aromatic rings. The summed E-state index contributed by atoms with van der Waals surface area (Å²) < 4.78 is 0. The molecule has 5 nitrogen and oxygen atoms in total. The largest absolute Gasteiger partial charge is 0.338 e. The van der Waals surface area contributed by atoms with Crippen molar-refractivity contribution in [3.8, 4) is 0 Å². The molecule has 1 aromatic heterocycles. The van der Waals surface area contributed by atoms with E-state index >= 15 is 0 Å². The topological polar surface area (TPSA) is 66.9 Å². The summed E-state index contributed by atoms with van der Waals surface area (Å²) in [5.74, 6) is 1.10. The third-order valence-electron chi connectivity index (χ3n) is 3.40. The predicted molar refractivity (Wildman–Crippen MR) is 89.4 cm³/mol. The van der Waals surface area contributed by atoms with Gasteiger partial charge in [-0.05, 0) is 43.0 Å². The van der Waals surface area contributed by atoms with Gasteiger partial charge < -0.3 is 10.6 Å². The molecule has 0 fully saturated rings. The number of hydrogen-bond acceptors (Lipinski definition) is 4. The first-order valence-corrected chi connectivity index (χ1v) is 7.63. The second-order valence-electron chi connectivity index (χ2n) is 5.19. The Labute approximate surface area is 131 Å². The highest BCUT2D eigenvalue weighted by molar-refractivity contribution is 5.89. The quantitative estimate of drug-likeness (QED) is 0.850. The molecule has 0 aliphatic rings. The number of carbonyl (C=O) groups excluding carboxylic acids is 1. The standard InChI is InChI=1S/C17H22N4O/c1-4-7-16(22)18-14-10-11-15(21-20-14)19-17-12(3)8-6-9-13(17)5-2/h6,8-11H,4-5,7H2,1-3H3,(H,19,21)(H,18,20,22).